The van der Waals surface area contributed by atoms with Gasteiger partial charge in [-0.1, -0.05) is 19.9 Å². The van der Waals surface area contributed by atoms with Crippen molar-refractivity contribution in [2.75, 3.05) is 0 Å². The van der Waals surface area contributed by atoms with Gasteiger partial charge in [0.25, 0.3) is 0 Å². The number of hydrogen-bond acceptors (Lipinski definition) is 2. The molecule has 1 heterocycles. The molecule has 0 radical (unpaired) electrons. The molecule has 0 fully saturated rings. The molecule has 2 aromatic rings. The zero-order chi connectivity index (χ0) is 12.0. The molecule has 1 aromatic heterocycles. The van der Waals surface area contributed by atoms with E-state index in [9.17, 15) is 4.39 Å². The highest BCUT2D eigenvalue weighted by atomic mass is 19.1. The molecule has 0 unspecified atom stereocenters. The van der Waals surface area contributed by atoms with Crippen LogP contribution in [0.4, 0.5) is 4.39 Å². The van der Waals surface area contributed by atoms with Crippen molar-refractivity contribution in [3.05, 3.63) is 48.0 Å². The fourth-order valence-electron chi connectivity index (χ4n) is 1.24. The maximum atomic E-state index is 13.5. The van der Waals surface area contributed by atoms with Gasteiger partial charge < -0.3 is 0 Å². The highest BCUT2D eigenvalue weighted by molar-refractivity contribution is 5.55. The van der Waals surface area contributed by atoms with Crippen LogP contribution in [0, 0.1) is 12.7 Å². The van der Waals surface area contributed by atoms with Crippen molar-refractivity contribution in [2.24, 2.45) is 0 Å². The Labute approximate surface area is 95.2 Å². The lowest BCUT2D eigenvalue weighted by Crippen LogP contribution is -1.90. The van der Waals surface area contributed by atoms with Gasteiger partial charge in [0, 0.05) is 12.4 Å². The number of aromatic nitrogens is 2. The van der Waals surface area contributed by atoms with Gasteiger partial charge in [-0.05, 0) is 30.7 Å². The maximum absolute atomic E-state index is 13.5. The van der Waals surface area contributed by atoms with Gasteiger partial charge in [0.05, 0.1) is 5.56 Å². The van der Waals surface area contributed by atoms with Gasteiger partial charge in [-0.25, -0.2) is 14.4 Å². The van der Waals surface area contributed by atoms with E-state index in [1.54, 1.807) is 24.5 Å². The van der Waals surface area contributed by atoms with Crippen LogP contribution in [0.1, 0.15) is 19.4 Å². The van der Waals surface area contributed by atoms with Crippen LogP contribution in [0.2, 0.25) is 0 Å². The van der Waals surface area contributed by atoms with Gasteiger partial charge in [0.15, 0.2) is 5.82 Å². The lowest BCUT2D eigenvalue weighted by atomic mass is 10.1. The number of benzene rings is 1. The lowest BCUT2D eigenvalue weighted by Gasteiger charge is -2.01. The average molecular weight is 218 g/mol. The highest BCUT2D eigenvalue weighted by Crippen LogP contribution is 2.18. The fraction of sp³-hybridized carbons (Fsp3) is 0.231. The van der Waals surface area contributed by atoms with E-state index in [2.05, 4.69) is 9.97 Å². The first kappa shape index (κ1) is 12.3. The summed E-state index contributed by atoms with van der Waals surface area (Å²) in [5, 5.41) is 0. The molecule has 0 saturated heterocycles. The number of aryl methyl sites for hydroxylation is 1. The molecular formula is C13H15FN2. The predicted molar refractivity (Wildman–Crippen MR) is 63.5 cm³/mol. The molecule has 2 rings (SSSR count). The van der Waals surface area contributed by atoms with Crippen molar-refractivity contribution >= 4 is 0 Å². The van der Waals surface area contributed by atoms with Gasteiger partial charge in [0.1, 0.15) is 5.82 Å². The van der Waals surface area contributed by atoms with E-state index >= 15 is 0 Å². The SMILES string of the molecule is CC.Cc1ccc(-c2ncccn2)c(F)c1. The fourth-order valence-corrected chi connectivity index (χ4v) is 1.24. The third-order valence-electron chi connectivity index (χ3n) is 1.93. The molecule has 0 atom stereocenters. The zero-order valence-corrected chi connectivity index (χ0v) is 9.74. The van der Waals surface area contributed by atoms with Crippen LogP contribution in [0.5, 0.6) is 0 Å². The van der Waals surface area contributed by atoms with Crippen LogP contribution in [-0.2, 0) is 0 Å². The number of halogens is 1. The number of nitrogens with zero attached hydrogens (tertiary/aromatic N) is 2. The summed E-state index contributed by atoms with van der Waals surface area (Å²) in [7, 11) is 0. The van der Waals surface area contributed by atoms with E-state index in [0.717, 1.165) is 5.56 Å². The van der Waals surface area contributed by atoms with Crippen LogP contribution in [0.3, 0.4) is 0 Å². The number of hydrogen-bond donors (Lipinski definition) is 0. The van der Waals surface area contributed by atoms with Crippen molar-refractivity contribution in [2.45, 2.75) is 20.8 Å². The minimum atomic E-state index is -0.281. The summed E-state index contributed by atoms with van der Waals surface area (Å²) in [4.78, 5) is 7.98. The Balaban J connectivity index is 0.000000606. The van der Waals surface area contributed by atoms with Gasteiger partial charge in [-0.15, -0.1) is 0 Å². The van der Waals surface area contributed by atoms with E-state index in [1.807, 2.05) is 26.8 Å². The Morgan fingerprint density at radius 1 is 1.06 bits per heavy atom. The Bertz CT molecular complexity index is 441. The molecule has 3 heteroatoms. The first-order valence-corrected chi connectivity index (χ1v) is 5.31. The molecule has 16 heavy (non-hydrogen) atoms. The van der Waals surface area contributed by atoms with E-state index in [-0.39, 0.29) is 5.82 Å². The minimum Gasteiger partial charge on any atom is -0.236 e. The summed E-state index contributed by atoms with van der Waals surface area (Å²) in [6, 6.07) is 6.72. The third-order valence-corrected chi connectivity index (χ3v) is 1.93. The smallest absolute Gasteiger partial charge is 0.162 e. The second-order valence-electron chi connectivity index (χ2n) is 3.06. The lowest BCUT2D eigenvalue weighted by molar-refractivity contribution is 0.629. The first-order valence-electron chi connectivity index (χ1n) is 5.31. The van der Waals surface area contributed by atoms with Gasteiger partial charge in [0.2, 0.25) is 0 Å². The van der Waals surface area contributed by atoms with Crippen molar-refractivity contribution in [3.8, 4) is 11.4 Å². The van der Waals surface area contributed by atoms with Crippen LogP contribution in [0.15, 0.2) is 36.7 Å². The van der Waals surface area contributed by atoms with Crippen LogP contribution < -0.4 is 0 Å². The molecule has 2 nitrogen and oxygen atoms in total. The van der Waals surface area contributed by atoms with Crippen molar-refractivity contribution < 1.29 is 4.39 Å². The Morgan fingerprint density at radius 2 is 1.69 bits per heavy atom. The standard InChI is InChI=1S/C11H9FN2.C2H6/c1-8-3-4-9(10(12)7-8)11-13-5-2-6-14-11;1-2/h2-7H,1H3;1-2H3. The summed E-state index contributed by atoms with van der Waals surface area (Å²) < 4.78 is 13.5. The Hall–Kier alpha value is -1.77. The second-order valence-corrected chi connectivity index (χ2v) is 3.06. The maximum Gasteiger partial charge on any atom is 0.162 e. The molecule has 1 aromatic carbocycles. The third kappa shape index (κ3) is 2.86. The first-order chi connectivity index (χ1) is 7.77. The Morgan fingerprint density at radius 3 is 2.25 bits per heavy atom. The molecule has 0 aliphatic carbocycles. The van der Waals surface area contributed by atoms with Gasteiger partial charge in [-0.3, -0.25) is 0 Å². The summed E-state index contributed by atoms with van der Waals surface area (Å²) in [5.41, 5.74) is 1.33. The van der Waals surface area contributed by atoms with E-state index in [1.165, 1.54) is 6.07 Å². The summed E-state index contributed by atoms with van der Waals surface area (Å²) >= 11 is 0. The van der Waals surface area contributed by atoms with E-state index in [4.69, 9.17) is 0 Å². The quantitative estimate of drug-likeness (QED) is 0.730. The number of rotatable bonds is 1. The van der Waals surface area contributed by atoms with Crippen LogP contribution in [0.25, 0.3) is 11.4 Å². The zero-order valence-electron chi connectivity index (χ0n) is 9.74. The molecule has 0 N–H and O–H groups in total. The van der Waals surface area contributed by atoms with Crippen LogP contribution in [-0.4, -0.2) is 9.97 Å². The highest BCUT2D eigenvalue weighted by Gasteiger charge is 2.06. The van der Waals surface area contributed by atoms with E-state index < -0.39 is 0 Å². The topological polar surface area (TPSA) is 25.8 Å². The molecule has 0 bridgehead atoms. The molecule has 0 aliphatic heterocycles. The molecule has 0 saturated carbocycles. The van der Waals surface area contributed by atoms with Crippen LogP contribution >= 0.6 is 0 Å². The molecule has 0 aliphatic rings. The predicted octanol–water partition coefficient (Wildman–Crippen LogP) is 3.62. The van der Waals surface area contributed by atoms with Crippen molar-refractivity contribution in [3.63, 3.8) is 0 Å². The Kier molecular flexibility index (Phi) is 4.58. The van der Waals surface area contributed by atoms with E-state index in [0.29, 0.717) is 11.4 Å². The summed E-state index contributed by atoms with van der Waals surface area (Å²) in [5.74, 6) is 0.140. The molecular weight excluding hydrogens is 203 g/mol. The minimum absolute atomic E-state index is 0.281. The molecule has 84 valence electrons. The molecule has 0 spiro atoms. The summed E-state index contributed by atoms with van der Waals surface area (Å²) in [6.45, 7) is 5.85. The second kappa shape index (κ2) is 5.95. The molecule has 0 amide bonds. The van der Waals surface area contributed by atoms with Crippen molar-refractivity contribution in [1.82, 2.24) is 9.97 Å². The largest absolute Gasteiger partial charge is 0.236 e. The summed E-state index contributed by atoms with van der Waals surface area (Å²) in [6.07, 6.45) is 3.20. The monoisotopic (exact) mass is 218 g/mol. The van der Waals surface area contributed by atoms with Crippen molar-refractivity contribution in [1.29, 1.82) is 0 Å². The average Bonchev–Trinajstić information content (AvgIpc) is 2.33. The van der Waals surface area contributed by atoms with Gasteiger partial charge in [-0.2, -0.15) is 0 Å². The normalized spacial score (nSPS) is 9.25. The van der Waals surface area contributed by atoms with Gasteiger partial charge >= 0.3 is 0 Å².